The maximum Gasteiger partial charge on any atom is 0.488 e. The Morgan fingerprint density at radius 2 is 2.08 bits per heavy atom. The van der Waals surface area contributed by atoms with E-state index < -0.39 is 7.12 Å². The van der Waals surface area contributed by atoms with Gasteiger partial charge in [-0.3, -0.25) is 0 Å². The summed E-state index contributed by atoms with van der Waals surface area (Å²) < 4.78 is 0. The number of anilines is 1. The van der Waals surface area contributed by atoms with Crippen LogP contribution in [0.25, 0.3) is 0 Å². The highest BCUT2D eigenvalue weighted by molar-refractivity contribution is 6.59. The summed E-state index contributed by atoms with van der Waals surface area (Å²) in [5.74, 6) is 0. The molecule has 12 heavy (non-hydrogen) atoms. The Bertz CT molecular complexity index is 276. The summed E-state index contributed by atoms with van der Waals surface area (Å²) in [5, 5.41) is 17.9. The zero-order valence-corrected chi connectivity index (χ0v) is 6.99. The van der Waals surface area contributed by atoms with Gasteiger partial charge in [0.1, 0.15) is 0 Å². The maximum absolute atomic E-state index is 8.96. The third-order valence-electron chi connectivity index (χ3n) is 1.83. The van der Waals surface area contributed by atoms with Gasteiger partial charge < -0.3 is 15.8 Å². The molecule has 0 heterocycles. The molecule has 0 radical (unpaired) electrons. The SMILES string of the molecule is CCc1ccc(N)cc1B(O)O. The monoisotopic (exact) mass is 165 g/mol. The third-order valence-corrected chi connectivity index (χ3v) is 1.83. The van der Waals surface area contributed by atoms with Crippen LogP contribution in [0.2, 0.25) is 0 Å². The first-order valence-electron chi connectivity index (χ1n) is 3.89. The first-order chi connectivity index (χ1) is 5.65. The van der Waals surface area contributed by atoms with E-state index in [1.807, 2.05) is 13.0 Å². The van der Waals surface area contributed by atoms with Gasteiger partial charge in [0.25, 0.3) is 0 Å². The van der Waals surface area contributed by atoms with Crippen LogP contribution in [0.3, 0.4) is 0 Å². The lowest BCUT2D eigenvalue weighted by molar-refractivity contribution is 0.425. The normalized spacial score (nSPS) is 9.92. The molecule has 3 nitrogen and oxygen atoms in total. The Balaban J connectivity index is 3.12. The highest BCUT2D eigenvalue weighted by atomic mass is 16.4. The Labute approximate surface area is 72.0 Å². The van der Waals surface area contributed by atoms with Crippen LogP contribution in [-0.4, -0.2) is 17.2 Å². The number of aryl methyl sites for hydroxylation is 1. The van der Waals surface area contributed by atoms with E-state index in [9.17, 15) is 0 Å². The van der Waals surface area contributed by atoms with Crippen LogP contribution in [-0.2, 0) is 6.42 Å². The van der Waals surface area contributed by atoms with Gasteiger partial charge in [-0.2, -0.15) is 0 Å². The van der Waals surface area contributed by atoms with Crippen molar-refractivity contribution >= 4 is 18.3 Å². The second-order valence-electron chi connectivity index (χ2n) is 2.69. The molecule has 64 valence electrons. The third kappa shape index (κ3) is 1.78. The van der Waals surface area contributed by atoms with E-state index in [1.165, 1.54) is 0 Å². The number of nitrogens with two attached hydrogens (primary N) is 1. The molecule has 0 aliphatic rings. The molecular weight excluding hydrogens is 153 g/mol. The number of benzene rings is 1. The van der Waals surface area contributed by atoms with E-state index in [1.54, 1.807) is 12.1 Å². The molecule has 1 rings (SSSR count). The number of nitrogen functional groups attached to an aromatic ring is 1. The summed E-state index contributed by atoms with van der Waals surface area (Å²) in [6.45, 7) is 1.96. The van der Waals surface area contributed by atoms with Crippen LogP contribution in [0.15, 0.2) is 18.2 Å². The molecule has 0 aliphatic heterocycles. The zero-order valence-electron chi connectivity index (χ0n) is 6.99. The van der Waals surface area contributed by atoms with E-state index in [2.05, 4.69) is 0 Å². The maximum atomic E-state index is 8.96. The van der Waals surface area contributed by atoms with Crippen LogP contribution in [0.4, 0.5) is 5.69 Å². The second kappa shape index (κ2) is 3.60. The molecule has 0 aromatic heterocycles. The van der Waals surface area contributed by atoms with Crippen LogP contribution >= 0.6 is 0 Å². The Morgan fingerprint density at radius 1 is 1.42 bits per heavy atom. The van der Waals surface area contributed by atoms with E-state index in [-0.39, 0.29) is 0 Å². The fraction of sp³-hybridized carbons (Fsp3) is 0.250. The van der Waals surface area contributed by atoms with E-state index >= 15 is 0 Å². The summed E-state index contributed by atoms with van der Waals surface area (Å²) in [6, 6.07) is 5.15. The summed E-state index contributed by atoms with van der Waals surface area (Å²) in [7, 11) is -1.43. The standard InChI is InChI=1S/C8H12BNO2/c1-2-6-3-4-7(10)5-8(6)9(11)12/h3-5,11-12H,2,10H2,1H3. The first kappa shape index (κ1) is 9.10. The van der Waals surface area contributed by atoms with Crippen LogP contribution in [0, 0.1) is 0 Å². The minimum absolute atomic E-state index is 0.498. The molecule has 4 heteroatoms. The van der Waals surface area contributed by atoms with Crippen molar-refractivity contribution in [3.05, 3.63) is 23.8 Å². The van der Waals surface area contributed by atoms with Gasteiger partial charge in [0.05, 0.1) is 0 Å². The van der Waals surface area contributed by atoms with E-state index in [0.717, 1.165) is 12.0 Å². The van der Waals surface area contributed by atoms with Gasteiger partial charge in [0.15, 0.2) is 0 Å². The fourth-order valence-corrected chi connectivity index (χ4v) is 1.18. The number of hydrogen-bond acceptors (Lipinski definition) is 3. The topological polar surface area (TPSA) is 66.5 Å². The Hall–Kier alpha value is -0.995. The molecule has 0 bridgehead atoms. The van der Waals surface area contributed by atoms with Crippen LogP contribution < -0.4 is 11.2 Å². The first-order valence-corrected chi connectivity index (χ1v) is 3.89. The number of hydrogen-bond donors (Lipinski definition) is 3. The lowest BCUT2D eigenvalue weighted by Crippen LogP contribution is -2.33. The van der Waals surface area contributed by atoms with Crippen molar-refractivity contribution in [2.45, 2.75) is 13.3 Å². The van der Waals surface area contributed by atoms with Crippen LogP contribution in [0.1, 0.15) is 12.5 Å². The quantitative estimate of drug-likeness (QED) is 0.409. The van der Waals surface area contributed by atoms with Crippen molar-refractivity contribution in [1.82, 2.24) is 0 Å². The molecule has 0 amide bonds. The van der Waals surface area contributed by atoms with Gasteiger partial charge in [0.2, 0.25) is 0 Å². The average Bonchev–Trinajstić information content (AvgIpc) is 2.04. The van der Waals surface area contributed by atoms with Gasteiger partial charge in [0, 0.05) is 5.69 Å². The zero-order chi connectivity index (χ0) is 9.14. The van der Waals surface area contributed by atoms with Crippen molar-refractivity contribution in [2.24, 2.45) is 0 Å². The molecule has 0 spiro atoms. The summed E-state index contributed by atoms with van der Waals surface area (Å²) in [6.07, 6.45) is 0.771. The van der Waals surface area contributed by atoms with Crippen molar-refractivity contribution in [3.63, 3.8) is 0 Å². The van der Waals surface area contributed by atoms with Crippen molar-refractivity contribution in [2.75, 3.05) is 5.73 Å². The molecule has 1 aromatic rings. The van der Waals surface area contributed by atoms with Gasteiger partial charge in [-0.15, -0.1) is 0 Å². The average molecular weight is 165 g/mol. The van der Waals surface area contributed by atoms with Gasteiger partial charge >= 0.3 is 7.12 Å². The summed E-state index contributed by atoms with van der Waals surface area (Å²) >= 11 is 0. The molecule has 1 aromatic carbocycles. The van der Waals surface area contributed by atoms with Crippen molar-refractivity contribution in [1.29, 1.82) is 0 Å². The van der Waals surface area contributed by atoms with E-state index in [0.29, 0.717) is 11.2 Å². The second-order valence-corrected chi connectivity index (χ2v) is 2.69. The molecule has 0 fully saturated rings. The van der Waals surface area contributed by atoms with Gasteiger partial charge in [-0.05, 0) is 29.6 Å². The van der Waals surface area contributed by atoms with Crippen molar-refractivity contribution < 1.29 is 10.0 Å². The largest absolute Gasteiger partial charge is 0.488 e. The lowest BCUT2D eigenvalue weighted by atomic mass is 9.76. The molecular formula is C8H12BNO2. The minimum Gasteiger partial charge on any atom is -0.423 e. The summed E-state index contributed by atoms with van der Waals surface area (Å²) in [4.78, 5) is 0. The highest BCUT2D eigenvalue weighted by Gasteiger charge is 2.14. The molecule has 0 atom stereocenters. The minimum atomic E-state index is -1.43. The summed E-state index contributed by atoms with van der Waals surface area (Å²) in [5.41, 5.74) is 7.46. The van der Waals surface area contributed by atoms with Gasteiger partial charge in [-0.1, -0.05) is 13.0 Å². The lowest BCUT2D eigenvalue weighted by Gasteiger charge is -2.06. The molecule has 0 saturated carbocycles. The van der Waals surface area contributed by atoms with Crippen LogP contribution in [0.5, 0.6) is 0 Å². The van der Waals surface area contributed by atoms with Gasteiger partial charge in [-0.25, -0.2) is 0 Å². The molecule has 0 aliphatic carbocycles. The highest BCUT2D eigenvalue weighted by Crippen LogP contribution is 2.04. The Kier molecular flexibility index (Phi) is 2.73. The molecule has 4 N–H and O–H groups in total. The molecule has 0 saturated heterocycles. The predicted molar refractivity (Wildman–Crippen MR) is 50.1 cm³/mol. The fourth-order valence-electron chi connectivity index (χ4n) is 1.18. The number of rotatable bonds is 2. The smallest absolute Gasteiger partial charge is 0.423 e. The Morgan fingerprint density at radius 3 is 2.58 bits per heavy atom. The van der Waals surface area contributed by atoms with Crippen molar-refractivity contribution in [3.8, 4) is 0 Å². The predicted octanol–water partition coefficient (Wildman–Crippen LogP) is -0.489. The van der Waals surface area contributed by atoms with E-state index in [4.69, 9.17) is 15.8 Å². The molecule has 0 unspecified atom stereocenters.